The number of carbonyl (C=O) groups excluding carboxylic acids is 2. The van der Waals surface area contributed by atoms with Crippen LogP contribution < -0.4 is 4.90 Å². The number of nitro benzene ring substituents is 1. The molecule has 1 heterocycles. The van der Waals surface area contributed by atoms with Crippen molar-refractivity contribution < 1.29 is 14.5 Å². The SMILES string of the molecule is O=C1c2cccc([N+](=O)[O-])c2C(=O)N1c1ccc(Cl)cc1. The van der Waals surface area contributed by atoms with Crippen molar-refractivity contribution >= 4 is 34.8 Å². The molecule has 0 spiro atoms. The zero-order chi connectivity index (χ0) is 15.1. The molecule has 0 saturated carbocycles. The quantitative estimate of drug-likeness (QED) is 0.485. The lowest BCUT2D eigenvalue weighted by Crippen LogP contribution is -2.29. The number of anilines is 1. The van der Waals surface area contributed by atoms with Gasteiger partial charge in [-0.05, 0) is 30.3 Å². The van der Waals surface area contributed by atoms with E-state index in [0.29, 0.717) is 10.7 Å². The molecule has 0 radical (unpaired) electrons. The van der Waals surface area contributed by atoms with Crippen LogP contribution >= 0.6 is 11.6 Å². The van der Waals surface area contributed by atoms with E-state index in [-0.39, 0.29) is 16.8 Å². The van der Waals surface area contributed by atoms with E-state index in [1.165, 1.54) is 42.5 Å². The normalized spacial score (nSPS) is 13.5. The summed E-state index contributed by atoms with van der Waals surface area (Å²) in [6.07, 6.45) is 0. The first-order chi connectivity index (χ1) is 10.0. The fourth-order valence-electron chi connectivity index (χ4n) is 2.24. The van der Waals surface area contributed by atoms with Gasteiger partial charge in [0.2, 0.25) is 0 Å². The second-order valence-electron chi connectivity index (χ2n) is 4.38. The van der Waals surface area contributed by atoms with Gasteiger partial charge in [-0.2, -0.15) is 0 Å². The van der Waals surface area contributed by atoms with Crippen molar-refractivity contribution in [1.29, 1.82) is 0 Å². The molecule has 0 aliphatic carbocycles. The molecule has 0 N–H and O–H groups in total. The molecule has 1 aliphatic rings. The van der Waals surface area contributed by atoms with Crippen molar-refractivity contribution in [2.75, 3.05) is 4.90 Å². The van der Waals surface area contributed by atoms with Gasteiger partial charge in [0.1, 0.15) is 5.56 Å². The molecule has 2 amide bonds. The highest BCUT2D eigenvalue weighted by Gasteiger charge is 2.41. The summed E-state index contributed by atoms with van der Waals surface area (Å²) in [5.41, 5.74) is -0.200. The number of imide groups is 1. The van der Waals surface area contributed by atoms with Crippen molar-refractivity contribution in [2.45, 2.75) is 0 Å². The van der Waals surface area contributed by atoms with Gasteiger partial charge in [-0.15, -0.1) is 0 Å². The Hall–Kier alpha value is -2.73. The van der Waals surface area contributed by atoms with Crippen LogP contribution in [0.1, 0.15) is 20.7 Å². The van der Waals surface area contributed by atoms with Crippen molar-refractivity contribution in [3.05, 3.63) is 68.7 Å². The smallest absolute Gasteiger partial charge is 0.268 e. The van der Waals surface area contributed by atoms with E-state index < -0.39 is 16.7 Å². The van der Waals surface area contributed by atoms with E-state index >= 15 is 0 Å². The summed E-state index contributed by atoms with van der Waals surface area (Å²) < 4.78 is 0. The first-order valence-corrected chi connectivity index (χ1v) is 6.30. The van der Waals surface area contributed by atoms with Gasteiger partial charge in [0.15, 0.2) is 0 Å². The fraction of sp³-hybridized carbons (Fsp3) is 0. The zero-order valence-corrected chi connectivity index (χ0v) is 11.2. The monoisotopic (exact) mass is 302 g/mol. The van der Waals surface area contributed by atoms with Crippen LogP contribution in [0.4, 0.5) is 11.4 Å². The largest absolute Gasteiger partial charge is 0.283 e. The van der Waals surface area contributed by atoms with E-state index in [1.807, 2.05) is 0 Å². The van der Waals surface area contributed by atoms with Gasteiger partial charge in [0, 0.05) is 11.1 Å². The molecule has 0 unspecified atom stereocenters. The number of nitrogens with zero attached hydrogens (tertiary/aromatic N) is 2. The molecule has 0 atom stereocenters. The predicted octanol–water partition coefficient (Wildman–Crippen LogP) is 3.05. The summed E-state index contributed by atoms with van der Waals surface area (Å²) in [7, 11) is 0. The standard InChI is InChI=1S/C14H7ClN2O4/c15-8-4-6-9(7-5-8)16-13(18)10-2-1-3-11(17(20)21)12(10)14(16)19/h1-7H. The number of hydrogen-bond donors (Lipinski definition) is 0. The topological polar surface area (TPSA) is 80.5 Å². The van der Waals surface area contributed by atoms with Crippen LogP contribution in [-0.2, 0) is 0 Å². The molecule has 0 bridgehead atoms. The van der Waals surface area contributed by atoms with Crippen LogP contribution in [0.15, 0.2) is 42.5 Å². The van der Waals surface area contributed by atoms with E-state index in [2.05, 4.69) is 0 Å². The Labute approximate surface area is 123 Å². The maximum atomic E-state index is 12.4. The van der Waals surface area contributed by atoms with Gasteiger partial charge in [-0.1, -0.05) is 17.7 Å². The summed E-state index contributed by atoms with van der Waals surface area (Å²) >= 11 is 5.77. The van der Waals surface area contributed by atoms with Gasteiger partial charge in [-0.3, -0.25) is 19.7 Å². The number of rotatable bonds is 2. The van der Waals surface area contributed by atoms with Gasteiger partial charge in [-0.25, -0.2) is 4.90 Å². The Morgan fingerprint density at radius 2 is 1.67 bits per heavy atom. The molecule has 3 rings (SSSR count). The Morgan fingerprint density at radius 1 is 1.00 bits per heavy atom. The molecule has 0 saturated heterocycles. The second kappa shape index (κ2) is 4.68. The number of hydrogen-bond acceptors (Lipinski definition) is 4. The van der Waals surface area contributed by atoms with E-state index in [1.54, 1.807) is 0 Å². The predicted molar refractivity (Wildman–Crippen MR) is 75.7 cm³/mol. The maximum Gasteiger partial charge on any atom is 0.283 e. The first-order valence-electron chi connectivity index (χ1n) is 5.92. The summed E-state index contributed by atoms with van der Waals surface area (Å²) in [5.74, 6) is -1.29. The number of carbonyl (C=O) groups is 2. The highest BCUT2D eigenvalue weighted by Crippen LogP contribution is 2.34. The van der Waals surface area contributed by atoms with Crippen molar-refractivity contribution in [2.24, 2.45) is 0 Å². The van der Waals surface area contributed by atoms with Gasteiger partial charge in [0.25, 0.3) is 17.5 Å². The molecular weight excluding hydrogens is 296 g/mol. The highest BCUT2D eigenvalue weighted by molar-refractivity contribution is 6.36. The lowest BCUT2D eigenvalue weighted by molar-refractivity contribution is -0.385. The van der Waals surface area contributed by atoms with Gasteiger partial charge in [0.05, 0.1) is 16.2 Å². The Balaban J connectivity index is 2.15. The highest BCUT2D eigenvalue weighted by atomic mass is 35.5. The third kappa shape index (κ3) is 1.96. The van der Waals surface area contributed by atoms with Gasteiger partial charge < -0.3 is 0 Å². The average molecular weight is 303 g/mol. The van der Waals surface area contributed by atoms with Crippen LogP contribution in [-0.4, -0.2) is 16.7 Å². The first kappa shape index (κ1) is 13.3. The maximum absolute atomic E-state index is 12.4. The van der Waals surface area contributed by atoms with Crippen molar-refractivity contribution in [3.8, 4) is 0 Å². The summed E-state index contributed by atoms with van der Waals surface area (Å²) in [6, 6.07) is 10.1. The fourth-order valence-corrected chi connectivity index (χ4v) is 2.37. The van der Waals surface area contributed by atoms with Crippen molar-refractivity contribution in [1.82, 2.24) is 0 Å². The molecule has 6 nitrogen and oxygen atoms in total. The van der Waals surface area contributed by atoms with Crippen LogP contribution in [0.3, 0.4) is 0 Å². The molecule has 2 aromatic carbocycles. The average Bonchev–Trinajstić information content (AvgIpc) is 2.72. The third-order valence-electron chi connectivity index (χ3n) is 3.17. The summed E-state index contributed by atoms with van der Waals surface area (Å²) in [4.78, 5) is 35.9. The lowest BCUT2D eigenvalue weighted by Gasteiger charge is -2.13. The summed E-state index contributed by atoms with van der Waals surface area (Å²) in [5, 5.41) is 11.5. The molecule has 1 aliphatic heterocycles. The molecule has 21 heavy (non-hydrogen) atoms. The van der Waals surface area contributed by atoms with Crippen LogP contribution in [0.2, 0.25) is 5.02 Å². The van der Waals surface area contributed by atoms with E-state index in [4.69, 9.17) is 11.6 Å². The number of fused-ring (bicyclic) bond motifs is 1. The molecule has 0 fully saturated rings. The van der Waals surface area contributed by atoms with E-state index in [9.17, 15) is 19.7 Å². The molecule has 2 aromatic rings. The van der Waals surface area contributed by atoms with E-state index in [0.717, 1.165) is 4.90 Å². The number of benzene rings is 2. The van der Waals surface area contributed by atoms with Crippen LogP contribution in [0, 0.1) is 10.1 Å². The van der Waals surface area contributed by atoms with Crippen LogP contribution in [0.5, 0.6) is 0 Å². The second-order valence-corrected chi connectivity index (χ2v) is 4.82. The Kier molecular flexibility index (Phi) is 2.95. The Morgan fingerprint density at radius 3 is 2.29 bits per heavy atom. The minimum absolute atomic E-state index is 0.0316. The Bertz CT molecular complexity index is 786. The van der Waals surface area contributed by atoms with Gasteiger partial charge >= 0.3 is 0 Å². The van der Waals surface area contributed by atoms with Crippen LogP contribution in [0.25, 0.3) is 0 Å². The van der Waals surface area contributed by atoms with Crippen molar-refractivity contribution in [3.63, 3.8) is 0 Å². The zero-order valence-electron chi connectivity index (χ0n) is 10.4. The minimum Gasteiger partial charge on any atom is -0.268 e. The minimum atomic E-state index is -0.704. The molecule has 0 aromatic heterocycles. The third-order valence-corrected chi connectivity index (χ3v) is 3.43. The lowest BCUT2D eigenvalue weighted by atomic mass is 10.1. The number of halogens is 1. The molecule has 104 valence electrons. The number of nitro groups is 1. The number of amides is 2. The summed E-state index contributed by atoms with van der Waals surface area (Å²) in [6.45, 7) is 0. The molecule has 7 heteroatoms. The molecular formula is C14H7ClN2O4.